The van der Waals surface area contributed by atoms with E-state index in [0.29, 0.717) is 33.6 Å². The average Bonchev–Trinajstić information content (AvgIpc) is 0.798. The zero-order chi connectivity index (χ0) is 66.9. The topological polar surface area (TPSA) is 526 Å². The van der Waals surface area contributed by atoms with Crippen LogP contribution in [0, 0.1) is 25.7 Å². The first-order valence-corrected chi connectivity index (χ1v) is 29.7. The number of aliphatic hydroxyl groups is 17. The highest BCUT2D eigenvalue weighted by molar-refractivity contribution is 5.89. The van der Waals surface area contributed by atoms with Crippen LogP contribution in [0.1, 0.15) is 32.6 Å². The first-order valence-electron chi connectivity index (χ1n) is 29.7. The van der Waals surface area contributed by atoms with Crippen molar-refractivity contribution in [2.75, 3.05) is 39.6 Å². The highest BCUT2D eigenvalue weighted by Crippen LogP contribution is 2.39. The first kappa shape index (κ1) is 70.7. The van der Waals surface area contributed by atoms with Crippen molar-refractivity contribution in [1.29, 1.82) is 0 Å². The Bertz CT molecular complexity index is 3020. The molecular formula is C59H76N2O32. The van der Waals surface area contributed by atoms with Crippen LogP contribution in [-0.2, 0) is 61.6 Å². The quantitative estimate of drug-likeness (QED) is 0.0509. The molecule has 0 unspecified atom stereocenters. The molecular weight excluding hydrogens is 1250 g/mol. The molecule has 25 rings (SSSR count). The number of aliphatic hydroxyl groups excluding tert-OH is 17. The van der Waals surface area contributed by atoms with Gasteiger partial charge in [0.25, 0.3) is 0 Å². The van der Waals surface area contributed by atoms with Crippen LogP contribution in [0.25, 0.3) is 0 Å². The summed E-state index contributed by atoms with van der Waals surface area (Å²) in [5.74, 6) is 5.17. The molecule has 30 atom stereocenters. The van der Waals surface area contributed by atoms with E-state index in [4.69, 9.17) is 61.6 Å². The van der Waals surface area contributed by atoms with E-state index in [1.165, 1.54) is 24.3 Å². The highest BCUT2D eigenvalue weighted by Gasteiger charge is 2.59. The molecule has 3 aromatic rings. The number of aromatic hydroxyl groups is 1. The maximum atomic E-state index is 13.8. The van der Waals surface area contributed by atoms with Gasteiger partial charge < -0.3 is 153 Å². The smallest absolute Gasteiger partial charge is 0.338 e. The molecule has 22 aliphatic rings. The first-order chi connectivity index (χ1) is 44.5. The third-order valence-corrected chi connectivity index (χ3v) is 17.0. The molecule has 514 valence electrons. The van der Waals surface area contributed by atoms with E-state index in [2.05, 4.69) is 22.1 Å². The van der Waals surface area contributed by atoms with Gasteiger partial charge in [-0.2, -0.15) is 10.2 Å². The van der Waals surface area contributed by atoms with Crippen molar-refractivity contribution in [2.45, 2.75) is 198 Å². The van der Waals surface area contributed by atoms with E-state index in [1.807, 2.05) is 0 Å². The number of azo groups is 1. The number of carbonyl (C=O) groups is 1. The molecule has 93 heavy (non-hydrogen) atoms. The van der Waals surface area contributed by atoms with Gasteiger partial charge in [-0.05, 0) is 85.6 Å². The van der Waals surface area contributed by atoms with Crippen molar-refractivity contribution >= 4 is 17.3 Å². The molecule has 3 aromatic carbocycles. The number of carbonyl (C=O) groups excluding carboxylic acids is 1. The lowest BCUT2D eigenvalue weighted by Crippen LogP contribution is -2.69. The van der Waals surface area contributed by atoms with Crippen LogP contribution in [-0.4, -0.2) is 322 Å². The molecule has 0 aromatic heterocycles. The molecule has 22 saturated heterocycles. The zero-order valence-electron chi connectivity index (χ0n) is 49.5. The molecule has 22 heterocycles. The standard InChI is InChI=1S/C59H76N2O32/c1-21-13-27(14-22(2)34(21)67)61-60-26-11-7-24(8-12-26)4-3-23-5-9-25(10-6-23)53(80)81-20-33-52-40(73)46(79)59(87-33)92-51-32(19-66)85-57(44(77)38(51)71)90-49-30(17-64)83-55(42(75)36(49)69)88-47-28(15-62)82-54(41(74)35(47)68)89-48-29(16-63)84-56(43(76)37(48)70)91-50-31(18-65)86-58(93-52)45(78)39(50)72/h5-14,28-33,35-52,54-59,62-79H,15-20H2,1-2H3/t28-,29-,30-,31-,32-,33-,35-,36-,37-,38-,39-,40-,41-,42-,43-,44-,45-,46-,47-,48-,49-,50-,51-,52-,54-,55-,56-,57-,58-,59-/m1/s1. The minimum Gasteiger partial charge on any atom is -0.507 e. The molecule has 0 radical (unpaired) electrons. The Morgan fingerprint density at radius 1 is 0.376 bits per heavy atom. The van der Waals surface area contributed by atoms with E-state index < -0.39 is 230 Å². The number of aryl methyl sites for hydroxylation is 2. The fraction of sp³-hybridized carbons (Fsp3) is 0.644. The Morgan fingerprint density at radius 3 is 0.925 bits per heavy atom. The molecule has 22 fully saturated rings. The molecule has 22 aliphatic heterocycles. The SMILES string of the molecule is Cc1cc(N=Nc2ccc(C#Cc3ccc(C(=O)OC[C@H]4O[C@@H]5O[C@H]6[C@H](O)[C@@H](O)[C@@H](O[C@H]7[C@H](O)[C@@H](O)[C@@H](O[C@H]8[C@H](O)[C@@H](O)[C@@H](O[C@H]9[C@H](O)[C@@H](O)[C@@H](O[C@H]%10[C@H](O)[C@@H](O)[C@@H](O[C@H]4[C@H](O)[C@H]5O)O[C@@H]%10CO)O[C@@H]9CO)O[C@@H]8CO)O[C@@H]7CO)O[C@@H]6CO)cc3)cc2)cc(C)c1O. The Morgan fingerprint density at radius 2 is 0.634 bits per heavy atom. The van der Waals surface area contributed by atoms with Gasteiger partial charge in [-0.15, -0.1) is 0 Å². The summed E-state index contributed by atoms with van der Waals surface area (Å²) in [6.07, 6.45) is -60.8. The summed E-state index contributed by atoms with van der Waals surface area (Å²) in [6.45, 7) is -2.61. The van der Waals surface area contributed by atoms with E-state index >= 15 is 0 Å². The van der Waals surface area contributed by atoms with Crippen LogP contribution in [0.15, 0.2) is 70.9 Å². The normalized spacial score (nSPS) is 42.5. The number of phenols is 1. The Balaban J connectivity index is 0.896. The van der Waals surface area contributed by atoms with Gasteiger partial charge >= 0.3 is 5.97 Å². The fourth-order valence-corrected chi connectivity index (χ4v) is 11.7. The molecule has 0 aliphatic carbocycles. The molecule has 0 saturated carbocycles. The van der Waals surface area contributed by atoms with Crippen LogP contribution in [0.5, 0.6) is 5.75 Å². The molecule has 0 amide bonds. The van der Waals surface area contributed by atoms with Gasteiger partial charge in [0.05, 0.1) is 50.0 Å². The molecule has 12 bridgehead atoms. The Kier molecular flexibility index (Phi) is 23.2. The van der Waals surface area contributed by atoms with Gasteiger partial charge in [-0.1, -0.05) is 11.8 Å². The van der Waals surface area contributed by atoms with Crippen molar-refractivity contribution in [3.05, 3.63) is 88.5 Å². The number of phenolic OH excluding ortho intramolecular Hbond substituents is 1. The predicted octanol–water partition coefficient (Wildman–Crippen LogP) is -7.05. The van der Waals surface area contributed by atoms with Crippen LogP contribution >= 0.6 is 0 Å². The molecule has 0 spiro atoms. The van der Waals surface area contributed by atoms with Gasteiger partial charge in [0.2, 0.25) is 0 Å². The maximum Gasteiger partial charge on any atom is 0.338 e. The number of benzene rings is 3. The number of nitrogens with zero attached hydrogens (tertiary/aromatic N) is 2. The largest absolute Gasteiger partial charge is 0.507 e. The number of hydrogen-bond donors (Lipinski definition) is 18. The second-order valence-corrected chi connectivity index (χ2v) is 23.3. The molecule has 18 N–H and O–H groups in total. The summed E-state index contributed by atoms with van der Waals surface area (Å²) in [4.78, 5) is 13.8. The van der Waals surface area contributed by atoms with E-state index in [-0.39, 0.29) is 11.3 Å². The van der Waals surface area contributed by atoms with Gasteiger partial charge in [0.1, 0.15) is 159 Å². The van der Waals surface area contributed by atoms with E-state index in [0.717, 1.165) is 0 Å². The summed E-state index contributed by atoms with van der Waals surface area (Å²) in [6, 6.07) is 16.0. The maximum absolute atomic E-state index is 13.8. The summed E-state index contributed by atoms with van der Waals surface area (Å²) < 4.78 is 75.4. The van der Waals surface area contributed by atoms with Crippen LogP contribution < -0.4 is 0 Å². The number of hydrogen-bond acceptors (Lipinski definition) is 34. The molecule has 34 nitrogen and oxygen atoms in total. The summed E-state index contributed by atoms with van der Waals surface area (Å²) >= 11 is 0. The molecule has 34 heteroatoms. The van der Waals surface area contributed by atoms with Gasteiger partial charge in [0.15, 0.2) is 37.7 Å². The van der Waals surface area contributed by atoms with Crippen LogP contribution in [0.3, 0.4) is 0 Å². The summed E-state index contributed by atoms with van der Waals surface area (Å²) in [7, 11) is 0. The van der Waals surface area contributed by atoms with Crippen molar-refractivity contribution in [3.63, 3.8) is 0 Å². The highest BCUT2D eigenvalue weighted by atomic mass is 16.8. The Hall–Kier alpha value is -5.07. The lowest BCUT2D eigenvalue weighted by Gasteiger charge is -2.50. The van der Waals surface area contributed by atoms with Crippen molar-refractivity contribution in [3.8, 4) is 17.6 Å². The average molecular weight is 1330 g/mol. The van der Waals surface area contributed by atoms with E-state index in [9.17, 15) is 96.7 Å². The third-order valence-electron chi connectivity index (χ3n) is 17.0. The van der Waals surface area contributed by atoms with Crippen molar-refractivity contribution in [1.82, 2.24) is 0 Å². The predicted molar refractivity (Wildman–Crippen MR) is 300 cm³/mol. The minimum atomic E-state index is -2.27. The van der Waals surface area contributed by atoms with E-state index in [1.54, 1.807) is 50.2 Å². The third kappa shape index (κ3) is 15.1. The second kappa shape index (κ2) is 30.6. The lowest BCUT2D eigenvalue weighted by atomic mass is 9.94. The van der Waals surface area contributed by atoms with Gasteiger partial charge in [-0.3, -0.25) is 0 Å². The second-order valence-electron chi connectivity index (χ2n) is 23.3. The van der Waals surface area contributed by atoms with Crippen molar-refractivity contribution in [2.24, 2.45) is 10.2 Å². The number of rotatable bonds is 10. The zero-order valence-corrected chi connectivity index (χ0v) is 49.5. The minimum absolute atomic E-state index is 0.0424. The number of esters is 1. The van der Waals surface area contributed by atoms with Crippen LogP contribution in [0.2, 0.25) is 0 Å². The number of ether oxygens (including phenoxy) is 13. The lowest BCUT2D eigenvalue weighted by molar-refractivity contribution is -0.404. The van der Waals surface area contributed by atoms with Gasteiger partial charge in [-0.25, -0.2) is 4.79 Å². The summed E-state index contributed by atoms with van der Waals surface area (Å²) in [5, 5.41) is 209. The fourth-order valence-electron chi connectivity index (χ4n) is 11.7. The van der Waals surface area contributed by atoms with Crippen LogP contribution in [0.4, 0.5) is 11.4 Å². The summed E-state index contributed by atoms with van der Waals surface area (Å²) in [5.41, 5.74) is 3.44. The Labute approximate surface area is 528 Å². The van der Waals surface area contributed by atoms with Crippen molar-refractivity contribution < 1.29 is 158 Å². The monoisotopic (exact) mass is 1320 g/mol. The van der Waals surface area contributed by atoms with Gasteiger partial charge in [0, 0.05) is 11.1 Å².